The number of hydrogen-bond donors (Lipinski definition) is 1. The number of hydrogen-bond acceptors (Lipinski definition) is 2. The summed E-state index contributed by atoms with van der Waals surface area (Å²) in [6.07, 6.45) is 12.6. The highest BCUT2D eigenvalue weighted by molar-refractivity contribution is 5.25. The van der Waals surface area contributed by atoms with Gasteiger partial charge in [0.1, 0.15) is 0 Å². The van der Waals surface area contributed by atoms with Crippen LogP contribution in [0.2, 0.25) is 0 Å². The van der Waals surface area contributed by atoms with Crippen molar-refractivity contribution in [2.24, 2.45) is 28.6 Å². The van der Waals surface area contributed by atoms with E-state index in [2.05, 4.69) is 19.9 Å². The molecule has 22 heavy (non-hydrogen) atoms. The molecule has 0 radical (unpaired) electrons. The fourth-order valence-electron chi connectivity index (χ4n) is 6.98. The van der Waals surface area contributed by atoms with Crippen LogP contribution >= 0.6 is 0 Å². The molecule has 124 valence electrons. The van der Waals surface area contributed by atoms with Gasteiger partial charge in [-0.25, -0.2) is 0 Å². The molecule has 2 nitrogen and oxygen atoms in total. The Labute approximate surface area is 135 Å². The highest BCUT2D eigenvalue weighted by Crippen LogP contribution is 2.65. The molecule has 0 aromatic carbocycles. The van der Waals surface area contributed by atoms with E-state index in [4.69, 9.17) is 4.74 Å². The van der Waals surface area contributed by atoms with Gasteiger partial charge < -0.3 is 9.84 Å². The predicted octanol–water partition coefficient (Wildman–Crippen LogP) is 4.33. The maximum atomic E-state index is 10.1. The normalized spacial score (nSPS) is 54.2. The summed E-state index contributed by atoms with van der Waals surface area (Å²) in [6, 6.07) is 0. The van der Waals surface area contributed by atoms with Crippen molar-refractivity contribution in [2.75, 3.05) is 7.11 Å². The van der Waals surface area contributed by atoms with Gasteiger partial charge in [0.25, 0.3) is 0 Å². The van der Waals surface area contributed by atoms with E-state index >= 15 is 0 Å². The van der Waals surface area contributed by atoms with Crippen molar-refractivity contribution >= 4 is 0 Å². The van der Waals surface area contributed by atoms with Gasteiger partial charge in [0.05, 0.1) is 12.2 Å². The molecule has 0 aromatic heterocycles. The van der Waals surface area contributed by atoms with Crippen LogP contribution in [-0.2, 0) is 4.74 Å². The zero-order valence-corrected chi connectivity index (χ0v) is 14.5. The standard InChI is InChI=1S/C20H32O2/c1-19-10-8-14(21)12-13(19)4-5-15-16-6-7-18(22-3)20(16,2)11-9-17(15)19/h4,14-18,21H,5-12H2,1-3H3/t14-,15-,16-,17-,18+,19-,20-/m0/s1. The van der Waals surface area contributed by atoms with Gasteiger partial charge >= 0.3 is 0 Å². The molecular formula is C20H32O2. The fraction of sp³-hybridized carbons (Fsp3) is 0.900. The second kappa shape index (κ2) is 5.08. The summed E-state index contributed by atoms with van der Waals surface area (Å²) >= 11 is 0. The van der Waals surface area contributed by atoms with Gasteiger partial charge in [-0.1, -0.05) is 25.5 Å². The molecular weight excluding hydrogens is 272 g/mol. The summed E-state index contributed by atoms with van der Waals surface area (Å²) in [4.78, 5) is 0. The topological polar surface area (TPSA) is 29.5 Å². The average molecular weight is 304 g/mol. The smallest absolute Gasteiger partial charge is 0.0627 e. The lowest BCUT2D eigenvalue weighted by Gasteiger charge is -2.57. The Kier molecular flexibility index (Phi) is 3.51. The van der Waals surface area contributed by atoms with Crippen molar-refractivity contribution < 1.29 is 9.84 Å². The van der Waals surface area contributed by atoms with Crippen LogP contribution in [0.15, 0.2) is 11.6 Å². The molecule has 0 saturated heterocycles. The Balaban J connectivity index is 1.66. The molecule has 0 unspecified atom stereocenters. The number of methoxy groups -OCH3 is 1. The van der Waals surface area contributed by atoms with Crippen LogP contribution in [0, 0.1) is 28.6 Å². The van der Waals surface area contributed by atoms with Crippen LogP contribution in [0.1, 0.15) is 65.2 Å². The van der Waals surface area contributed by atoms with E-state index in [1.54, 1.807) is 5.57 Å². The zero-order chi connectivity index (χ0) is 15.5. The van der Waals surface area contributed by atoms with Crippen LogP contribution in [0.5, 0.6) is 0 Å². The van der Waals surface area contributed by atoms with Gasteiger partial charge in [0.15, 0.2) is 0 Å². The van der Waals surface area contributed by atoms with Gasteiger partial charge in [-0.15, -0.1) is 0 Å². The molecule has 0 heterocycles. The Hall–Kier alpha value is -0.340. The first-order valence-electron chi connectivity index (χ1n) is 9.39. The lowest BCUT2D eigenvalue weighted by atomic mass is 9.48. The van der Waals surface area contributed by atoms with Gasteiger partial charge in [-0.2, -0.15) is 0 Å². The summed E-state index contributed by atoms with van der Waals surface area (Å²) in [5.74, 6) is 2.54. The summed E-state index contributed by atoms with van der Waals surface area (Å²) in [5.41, 5.74) is 2.36. The van der Waals surface area contributed by atoms with E-state index in [0.717, 1.165) is 30.6 Å². The van der Waals surface area contributed by atoms with Gasteiger partial charge in [-0.05, 0) is 80.0 Å². The van der Waals surface area contributed by atoms with E-state index in [1.807, 2.05) is 7.11 Å². The molecule has 0 spiro atoms. The minimum absolute atomic E-state index is 0.0888. The lowest BCUT2D eigenvalue weighted by molar-refractivity contribution is -0.0820. The maximum absolute atomic E-state index is 10.1. The van der Waals surface area contributed by atoms with Crippen LogP contribution in [0.4, 0.5) is 0 Å². The van der Waals surface area contributed by atoms with Crippen LogP contribution in [-0.4, -0.2) is 24.4 Å². The van der Waals surface area contributed by atoms with E-state index < -0.39 is 0 Å². The number of allylic oxidation sites excluding steroid dienone is 1. The highest BCUT2D eigenvalue weighted by atomic mass is 16.5. The van der Waals surface area contributed by atoms with Crippen molar-refractivity contribution in [3.63, 3.8) is 0 Å². The van der Waals surface area contributed by atoms with Crippen molar-refractivity contribution in [3.05, 3.63) is 11.6 Å². The molecule has 4 aliphatic rings. The first kappa shape index (κ1) is 15.2. The van der Waals surface area contributed by atoms with Crippen molar-refractivity contribution in [2.45, 2.75) is 77.4 Å². The number of aliphatic hydroxyl groups excluding tert-OH is 1. The molecule has 0 aliphatic heterocycles. The third-order valence-electron chi connectivity index (χ3n) is 8.28. The lowest BCUT2D eigenvalue weighted by Crippen LogP contribution is -2.51. The zero-order valence-electron chi connectivity index (χ0n) is 14.5. The summed E-state index contributed by atoms with van der Waals surface area (Å²) in [5, 5.41) is 10.1. The number of fused-ring (bicyclic) bond motifs is 5. The molecule has 0 bridgehead atoms. The Bertz CT molecular complexity index is 484. The molecule has 7 atom stereocenters. The summed E-state index contributed by atoms with van der Waals surface area (Å²) < 4.78 is 5.86. The molecule has 2 heteroatoms. The predicted molar refractivity (Wildman–Crippen MR) is 88.5 cm³/mol. The van der Waals surface area contributed by atoms with E-state index in [-0.39, 0.29) is 6.10 Å². The minimum atomic E-state index is -0.0888. The van der Waals surface area contributed by atoms with Crippen molar-refractivity contribution in [3.8, 4) is 0 Å². The van der Waals surface area contributed by atoms with Crippen LogP contribution in [0.25, 0.3) is 0 Å². The summed E-state index contributed by atoms with van der Waals surface area (Å²) in [7, 11) is 1.91. The Morgan fingerprint density at radius 1 is 1.09 bits per heavy atom. The molecule has 0 aromatic rings. The first-order chi connectivity index (χ1) is 10.5. The monoisotopic (exact) mass is 304 g/mol. The maximum Gasteiger partial charge on any atom is 0.0627 e. The molecule has 3 saturated carbocycles. The van der Waals surface area contributed by atoms with Crippen molar-refractivity contribution in [1.82, 2.24) is 0 Å². The van der Waals surface area contributed by atoms with Gasteiger partial charge in [0, 0.05) is 7.11 Å². The summed E-state index contributed by atoms with van der Waals surface area (Å²) in [6.45, 7) is 5.01. The molecule has 4 aliphatic carbocycles. The minimum Gasteiger partial charge on any atom is -0.393 e. The van der Waals surface area contributed by atoms with Gasteiger partial charge in [-0.3, -0.25) is 0 Å². The molecule has 4 rings (SSSR count). The fourth-order valence-corrected chi connectivity index (χ4v) is 6.98. The van der Waals surface area contributed by atoms with Gasteiger partial charge in [0.2, 0.25) is 0 Å². The quantitative estimate of drug-likeness (QED) is 0.731. The second-order valence-electron chi connectivity index (χ2n) is 9.00. The Morgan fingerprint density at radius 3 is 2.68 bits per heavy atom. The van der Waals surface area contributed by atoms with Crippen LogP contribution in [0.3, 0.4) is 0 Å². The van der Waals surface area contributed by atoms with Crippen molar-refractivity contribution in [1.29, 1.82) is 0 Å². The number of rotatable bonds is 1. The first-order valence-corrected chi connectivity index (χ1v) is 9.39. The molecule has 0 amide bonds. The van der Waals surface area contributed by atoms with E-state index in [1.165, 1.54) is 38.5 Å². The average Bonchev–Trinajstić information content (AvgIpc) is 2.84. The third-order valence-corrected chi connectivity index (χ3v) is 8.28. The van der Waals surface area contributed by atoms with E-state index in [9.17, 15) is 5.11 Å². The number of aliphatic hydroxyl groups is 1. The van der Waals surface area contributed by atoms with Crippen LogP contribution < -0.4 is 0 Å². The van der Waals surface area contributed by atoms with E-state index in [0.29, 0.717) is 16.9 Å². The third kappa shape index (κ3) is 1.92. The molecule has 3 fully saturated rings. The Morgan fingerprint density at radius 2 is 1.91 bits per heavy atom. The SMILES string of the molecule is CO[C@@H]1CC[C@H]2[C@@H]3CC=C4C[C@@H](O)CC[C@]4(C)[C@H]3CC[C@]12C. The highest BCUT2D eigenvalue weighted by Gasteiger charge is 2.58. The number of ether oxygens (including phenoxy) is 1. The molecule has 1 N–H and O–H groups in total. The second-order valence-corrected chi connectivity index (χ2v) is 9.00. The largest absolute Gasteiger partial charge is 0.393 e.